The maximum Gasteiger partial charge on any atom is 0.249 e. The molecule has 2 bridgehead atoms. The number of ether oxygens (including phenoxy) is 1. The van der Waals surface area contributed by atoms with Crippen molar-refractivity contribution >= 4 is 34.2 Å². The Hall–Kier alpha value is -3.20. The van der Waals surface area contributed by atoms with Gasteiger partial charge in [0.1, 0.15) is 19.1 Å². The second kappa shape index (κ2) is 11.6. The Labute approximate surface area is 257 Å². The van der Waals surface area contributed by atoms with E-state index in [1.165, 1.54) is 0 Å². The first-order valence-electron chi connectivity index (χ1n) is 16.2. The SMILES string of the molecule is CN1CCN(c2cc(NC3NCC4C(=O)N5C/C=C\CCCN6C(=O)COC7CCC(NC76)N5C4N3)cc3ccoc23)CC1. The molecule has 13 nitrogen and oxygen atoms in total. The Morgan fingerprint density at radius 2 is 1.89 bits per heavy atom. The second-order valence-electron chi connectivity index (χ2n) is 12.9. The number of fused-ring (bicyclic) bond motifs is 6. The lowest BCUT2D eigenvalue weighted by Crippen LogP contribution is -2.72. The fourth-order valence-corrected chi connectivity index (χ4v) is 7.77. The van der Waals surface area contributed by atoms with E-state index in [-0.39, 0.29) is 55.2 Å². The lowest BCUT2D eigenvalue weighted by atomic mass is 9.99. The maximum atomic E-state index is 13.8. The van der Waals surface area contributed by atoms with Gasteiger partial charge >= 0.3 is 0 Å². The van der Waals surface area contributed by atoms with E-state index < -0.39 is 0 Å². The summed E-state index contributed by atoms with van der Waals surface area (Å²) in [7, 11) is 2.16. The van der Waals surface area contributed by atoms with Gasteiger partial charge in [-0.05, 0) is 50.9 Å². The zero-order chi connectivity index (χ0) is 29.8. The van der Waals surface area contributed by atoms with Gasteiger partial charge in [0.25, 0.3) is 0 Å². The number of piperidine rings is 1. The number of likely N-dealkylation sites (N-methyl/N-ethyl adjacent to an activating group) is 1. The largest absolute Gasteiger partial charge is 0.462 e. The summed E-state index contributed by atoms with van der Waals surface area (Å²) >= 11 is 0. The number of rotatable bonds is 3. The molecular weight excluding hydrogens is 562 g/mol. The van der Waals surface area contributed by atoms with Crippen molar-refractivity contribution in [3.8, 4) is 0 Å². The lowest BCUT2D eigenvalue weighted by Gasteiger charge is -2.50. The first kappa shape index (κ1) is 28.3. The fraction of sp³-hybridized carbons (Fsp3) is 0.613. The first-order valence-corrected chi connectivity index (χ1v) is 16.2. The summed E-state index contributed by atoms with van der Waals surface area (Å²) in [6, 6.07) is 6.32. The number of carbonyl (C=O) groups excluding carboxylic acids is 2. The Balaban J connectivity index is 1.05. The molecule has 1 aromatic heterocycles. The average molecular weight is 606 g/mol. The van der Waals surface area contributed by atoms with E-state index in [1.807, 2.05) is 16.0 Å². The highest BCUT2D eigenvalue weighted by atomic mass is 16.5. The van der Waals surface area contributed by atoms with Crippen LogP contribution in [-0.4, -0.2) is 122 Å². The van der Waals surface area contributed by atoms with Gasteiger partial charge in [0.2, 0.25) is 11.8 Å². The number of hydrogen-bond acceptors (Lipinski definition) is 11. The number of nitrogens with one attached hydrogen (secondary N) is 4. The zero-order valence-electron chi connectivity index (χ0n) is 25.3. The summed E-state index contributed by atoms with van der Waals surface area (Å²) in [5.41, 5.74) is 3.00. The van der Waals surface area contributed by atoms with Crippen LogP contribution in [0.25, 0.3) is 11.0 Å². The van der Waals surface area contributed by atoms with Gasteiger partial charge in [-0.15, -0.1) is 0 Å². The van der Waals surface area contributed by atoms with E-state index in [0.717, 1.165) is 74.2 Å². The highest BCUT2D eigenvalue weighted by molar-refractivity contribution is 5.93. The standard InChI is InChI=1S/C31H43N9O4/c1-36-11-13-37(14-12-36)23-17-21(16-20-8-15-43-27(20)23)33-31-32-18-22-28(35-31)40-25-7-6-24-29(34-25)38(26(41)19-44-24)9-4-2-3-5-10-39(40)30(22)42/h3,5,8,15-17,22,24-25,28-29,31-35H,2,4,6-7,9-14,18-19H2,1H3/b5-3-. The van der Waals surface area contributed by atoms with Crippen molar-refractivity contribution < 1.29 is 18.7 Å². The summed E-state index contributed by atoms with van der Waals surface area (Å²) in [5.74, 6) is -0.0877. The third-order valence-corrected chi connectivity index (χ3v) is 10.1. The zero-order valence-corrected chi connectivity index (χ0v) is 25.3. The maximum absolute atomic E-state index is 13.8. The molecule has 5 saturated heterocycles. The van der Waals surface area contributed by atoms with E-state index in [1.54, 1.807) is 6.26 Å². The Morgan fingerprint density at radius 1 is 1.00 bits per heavy atom. The number of furan rings is 1. The molecule has 2 amide bonds. The second-order valence-corrected chi connectivity index (χ2v) is 12.9. The fourth-order valence-electron chi connectivity index (χ4n) is 7.77. The van der Waals surface area contributed by atoms with Gasteiger partial charge in [0.05, 0.1) is 42.8 Å². The third-order valence-electron chi connectivity index (χ3n) is 10.1. The first-order chi connectivity index (χ1) is 21.5. The van der Waals surface area contributed by atoms with Crippen LogP contribution in [-0.2, 0) is 14.3 Å². The topological polar surface area (TPSA) is 121 Å². The smallest absolute Gasteiger partial charge is 0.249 e. The number of piperazine rings is 1. The molecule has 7 heterocycles. The van der Waals surface area contributed by atoms with Crippen molar-refractivity contribution in [2.75, 3.05) is 69.7 Å². The van der Waals surface area contributed by atoms with Gasteiger partial charge in [0.15, 0.2) is 5.58 Å². The number of carbonyl (C=O) groups is 2. The monoisotopic (exact) mass is 605 g/mol. The number of anilines is 2. The molecular formula is C31H43N9O4. The van der Waals surface area contributed by atoms with Crippen molar-refractivity contribution in [1.29, 1.82) is 0 Å². The molecule has 6 unspecified atom stereocenters. The van der Waals surface area contributed by atoms with Crippen molar-refractivity contribution in [2.24, 2.45) is 5.92 Å². The molecule has 0 aliphatic carbocycles. The predicted molar refractivity (Wildman–Crippen MR) is 165 cm³/mol. The molecule has 13 heteroatoms. The molecule has 44 heavy (non-hydrogen) atoms. The number of benzene rings is 1. The summed E-state index contributed by atoms with van der Waals surface area (Å²) in [4.78, 5) is 33.4. The number of hydrazine groups is 1. The Bertz CT molecular complexity index is 1420. The van der Waals surface area contributed by atoms with Crippen molar-refractivity contribution in [2.45, 2.75) is 56.6 Å². The van der Waals surface area contributed by atoms with Crippen LogP contribution in [0.4, 0.5) is 11.4 Å². The number of allylic oxidation sites excluding steroid dienone is 1. The minimum absolute atomic E-state index is 0.0301. The van der Waals surface area contributed by atoms with Gasteiger partial charge in [0, 0.05) is 50.3 Å². The molecule has 1 aromatic carbocycles. The summed E-state index contributed by atoms with van der Waals surface area (Å²) in [6.45, 7) is 5.85. The van der Waals surface area contributed by atoms with E-state index in [0.29, 0.717) is 19.6 Å². The summed E-state index contributed by atoms with van der Waals surface area (Å²) in [5, 5.41) is 19.9. The minimum atomic E-state index is -0.252. The molecule has 0 spiro atoms. The molecule has 0 saturated carbocycles. The summed E-state index contributed by atoms with van der Waals surface area (Å²) < 4.78 is 11.9. The molecule has 4 N–H and O–H groups in total. The highest BCUT2D eigenvalue weighted by Gasteiger charge is 2.53. The van der Waals surface area contributed by atoms with E-state index >= 15 is 0 Å². The Morgan fingerprint density at radius 3 is 2.77 bits per heavy atom. The minimum Gasteiger partial charge on any atom is -0.462 e. The van der Waals surface area contributed by atoms with E-state index in [9.17, 15) is 9.59 Å². The van der Waals surface area contributed by atoms with Gasteiger partial charge in [-0.2, -0.15) is 5.01 Å². The molecule has 6 aliphatic heterocycles. The van der Waals surface area contributed by atoms with Crippen LogP contribution in [0.3, 0.4) is 0 Å². The molecule has 6 aliphatic rings. The van der Waals surface area contributed by atoms with E-state index in [4.69, 9.17) is 9.15 Å². The van der Waals surface area contributed by atoms with Crippen LogP contribution in [0.2, 0.25) is 0 Å². The van der Waals surface area contributed by atoms with Crippen LogP contribution in [0.1, 0.15) is 25.7 Å². The van der Waals surface area contributed by atoms with Gasteiger partial charge in [-0.1, -0.05) is 12.2 Å². The third kappa shape index (κ3) is 5.05. The van der Waals surface area contributed by atoms with E-state index in [2.05, 4.69) is 67.4 Å². The molecule has 0 radical (unpaired) electrons. The van der Waals surface area contributed by atoms with Crippen molar-refractivity contribution in [3.05, 3.63) is 36.6 Å². The normalized spacial score (nSPS) is 34.3. The number of morpholine rings is 1. The Kier molecular flexibility index (Phi) is 7.47. The molecule has 5 fully saturated rings. The van der Waals surface area contributed by atoms with Crippen molar-refractivity contribution in [3.63, 3.8) is 0 Å². The molecule has 236 valence electrons. The average Bonchev–Trinajstić information content (AvgIpc) is 3.61. The van der Waals surface area contributed by atoms with Crippen LogP contribution in [0, 0.1) is 5.92 Å². The van der Waals surface area contributed by atoms with Crippen LogP contribution in [0.15, 0.2) is 41.0 Å². The van der Waals surface area contributed by atoms with Crippen LogP contribution >= 0.6 is 0 Å². The number of amides is 2. The van der Waals surface area contributed by atoms with Crippen LogP contribution in [0.5, 0.6) is 0 Å². The molecule has 2 aromatic rings. The number of nitrogens with zero attached hydrogens (tertiary/aromatic N) is 5. The lowest BCUT2D eigenvalue weighted by molar-refractivity contribution is -0.176. The van der Waals surface area contributed by atoms with Crippen LogP contribution < -0.4 is 26.2 Å². The predicted octanol–water partition coefficient (Wildman–Crippen LogP) is 0.687. The number of hydrogen-bond donors (Lipinski definition) is 4. The quantitative estimate of drug-likeness (QED) is 0.370. The van der Waals surface area contributed by atoms with Crippen molar-refractivity contribution in [1.82, 2.24) is 35.8 Å². The van der Waals surface area contributed by atoms with Gasteiger partial charge in [-0.3, -0.25) is 30.5 Å². The molecule has 8 rings (SSSR count). The highest BCUT2D eigenvalue weighted by Crippen LogP contribution is 2.35. The van der Waals surface area contributed by atoms with Gasteiger partial charge in [-0.25, -0.2) is 0 Å². The van der Waals surface area contributed by atoms with Gasteiger partial charge < -0.3 is 29.2 Å². The molecule has 6 atom stereocenters. The summed E-state index contributed by atoms with van der Waals surface area (Å²) in [6.07, 6.45) is 8.59.